The lowest BCUT2D eigenvalue weighted by Gasteiger charge is -2.09. The Morgan fingerprint density at radius 3 is 2.90 bits per heavy atom. The van der Waals surface area contributed by atoms with E-state index < -0.39 is 0 Å². The first-order valence-electron chi connectivity index (χ1n) is 5.78. The molecule has 0 fully saturated rings. The highest BCUT2D eigenvalue weighted by atomic mass is 35.5. The first-order chi connectivity index (χ1) is 9.78. The van der Waals surface area contributed by atoms with Crippen molar-refractivity contribution in [3.63, 3.8) is 0 Å². The molecule has 0 aliphatic carbocycles. The molecule has 0 aliphatic rings. The van der Waals surface area contributed by atoms with E-state index in [2.05, 4.69) is 20.4 Å². The third-order valence-electron chi connectivity index (χ3n) is 2.65. The lowest BCUT2D eigenvalue weighted by atomic mass is 10.2. The third kappa shape index (κ3) is 2.34. The highest BCUT2D eigenvalue weighted by molar-refractivity contribution is 6.31. The van der Waals surface area contributed by atoms with Crippen LogP contribution >= 0.6 is 11.6 Å². The Bertz CT molecular complexity index is 759. The Labute approximate surface area is 119 Å². The average molecular weight is 288 g/mol. The molecule has 0 radical (unpaired) electrons. The van der Waals surface area contributed by atoms with Crippen molar-refractivity contribution in [3.05, 3.63) is 47.7 Å². The highest BCUT2D eigenvalue weighted by Gasteiger charge is 2.10. The van der Waals surface area contributed by atoms with Gasteiger partial charge in [-0.15, -0.1) is 0 Å². The van der Waals surface area contributed by atoms with Crippen LogP contribution in [-0.4, -0.2) is 15.0 Å². The van der Waals surface area contributed by atoms with E-state index >= 15 is 0 Å². The van der Waals surface area contributed by atoms with Crippen molar-refractivity contribution in [2.24, 2.45) is 5.84 Å². The molecule has 3 aromatic rings. The molecule has 0 aliphatic heterocycles. The third-order valence-corrected chi connectivity index (χ3v) is 2.91. The number of benzene rings is 1. The van der Waals surface area contributed by atoms with Crippen LogP contribution in [0.5, 0.6) is 11.6 Å². The van der Waals surface area contributed by atoms with Crippen LogP contribution in [0.3, 0.4) is 0 Å². The zero-order chi connectivity index (χ0) is 13.9. The summed E-state index contributed by atoms with van der Waals surface area (Å²) in [6.07, 6.45) is 3.14. The minimum absolute atomic E-state index is 0.225. The largest absolute Gasteiger partial charge is 0.437 e. The zero-order valence-electron chi connectivity index (χ0n) is 10.2. The van der Waals surface area contributed by atoms with Crippen molar-refractivity contribution >= 4 is 28.5 Å². The fourth-order valence-electron chi connectivity index (χ4n) is 1.76. The maximum Gasteiger partial charge on any atom is 0.243 e. The van der Waals surface area contributed by atoms with Gasteiger partial charge in [0.1, 0.15) is 10.8 Å². The first kappa shape index (κ1) is 12.6. The van der Waals surface area contributed by atoms with Crippen LogP contribution in [0.15, 0.2) is 42.7 Å². The number of aromatic nitrogens is 3. The van der Waals surface area contributed by atoms with Gasteiger partial charge in [-0.1, -0.05) is 17.7 Å². The molecule has 6 nitrogen and oxygen atoms in total. The second-order valence-electron chi connectivity index (χ2n) is 3.92. The monoisotopic (exact) mass is 287 g/mol. The van der Waals surface area contributed by atoms with Gasteiger partial charge in [0.05, 0.1) is 11.7 Å². The summed E-state index contributed by atoms with van der Waals surface area (Å²) in [6.45, 7) is 0. The van der Waals surface area contributed by atoms with Crippen LogP contribution in [0.25, 0.3) is 10.9 Å². The summed E-state index contributed by atoms with van der Waals surface area (Å²) in [6, 6.07) is 9.31. The Morgan fingerprint density at radius 2 is 2.05 bits per heavy atom. The summed E-state index contributed by atoms with van der Waals surface area (Å²) >= 11 is 6.02. The van der Waals surface area contributed by atoms with Gasteiger partial charge in [-0.05, 0) is 24.3 Å². The number of nitrogens with zero attached hydrogens (tertiary/aromatic N) is 3. The topological polar surface area (TPSA) is 86.0 Å². The van der Waals surface area contributed by atoms with Gasteiger partial charge in [-0.2, -0.15) is 4.98 Å². The average Bonchev–Trinajstić information content (AvgIpc) is 2.50. The van der Waals surface area contributed by atoms with Crippen molar-refractivity contribution in [2.75, 3.05) is 5.43 Å². The van der Waals surface area contributed by atoms with E-state index in [0.717, 1.165) is 10.9 Å². The minimum Gasteiger partial charge on any atom is -0.437 e. The molecule has 2 heterocycles. The lowest BCUT2D eigenvalue weighted by molar-refractivity contribution is 0.468. The smallest absolute Gasteiger partial charge is 0.243 e. The Morgan fingerprint density at radius 1 is 1.15 bits per heavy atom. The van der Waals surface area contributed by atoms with Crippen LogP contribution in [0.2, 0.25) is 5.02 Å². The number of hydrazine groups is 1. The van der Waals surface area contributed by atoms with Gasteiger partial charge in [0.25, 0.3) is 0 Å². The maximum atomic E-state index is 6.02. The first-order valence-corrected chi connectivity index (χ1v) is 6.16. The van der Waals surface area contributed by atoms with Crippen molar-refractivity contribution in [2.45, 2.75) is 0 Å². The number of hydrogen-bond acceptors (Lipinski definition) is 6. The van der Waals surface area contributed by atoms with E-state index in [1.165, 1.54) is 6.20 Å². The predicted molar refractivity (Wildman–Crippen MR) is 76.7 cm³/mol. The number of nitrogen functional groups attached to an aromatic ring is 1. The highest BCUT2D eigenvalue weighted by Crippen LogP contribution is 2.31. The summed E-state index contributed by atoms with van der Waals surface area (Å²) in [5, 5.41) is 1.16. The van der Waals surface area contributed by atoms with E-state index in [-0.39, 0.29) is 11.8 Å². The number of nitrogens with one attached hydrogen (secondary N) is 1. The van der Waals surface area contributed by atoms with Gasteiger partial charge in [0.15, 0.2) is 0 Å². The summed E-state index contributed by atoms with van der Waals surface area (Å²) in [4.78, 5) is 12.2. The van der Waals surface area contributed by atoms with E-state index in [9.17, 15) is 0 Å². The second kappa shape index (κ2) is 5.28. The summed E-state index contributed by atoms with van der Waals surface area (Å²) in [5.41, 5.74) is 3.17. The lowest BCUT2D eigenvalue weighted by Crippen LogP contribution is -2.10. The maximum absolute atomic E-state index is 6.02. The molecular weight excluding hydrogens is 278 g/mol. The number of rotatable bonds is 3. The molecule has 0 bridgehead atoms. The van der Waals surface area contributed by atoms with Crippen molar-refractivity contribution in [3.8, 4) is 11.6 Å². The molecule has 20 heavy (non-hydrogen) atoms. The van der Waals surface area contributed by atoms with Crippen molar-refractivity contribution in [1.29, 1.82) is 0 Å². The molecule has 100 valence electrons. The number of anilines is 1. The number of ether oxygens (including phenoxy) is 1. The van der Waals surface area contributed by atoms with Gasteiger partial charge in [-0.25, -0.2) is 10.8 Å². The normalized spacial score (nSPS) is 10.5. The molecule has 3 rings (SSSR count). The minimum atomic E-state index is 0.225. The molecule has 0 amide bonds. The predicted octanol–water partition coefficient (Wildman–Crippen LogP) is 2.76. The molecule has 0 saturated carbocycles. The Hall–Kier alpha value is -2.44. The fraction of sp³-hybridized carbons (Fsp3) is 0. The second-order valence-corrected chi connectivity index (χ2v) is 4.33. The Kier molecular flexibility index (Phi) is 3.32. The molecule has 0 atom stereocenters. The van der Waals surface area contributed by atoms with Gasteiger partial charge in [0, 0.05) is 11.6 Å². The number of pyridine rings is 1. The van der Waals surface area contributed by atoms with E-state index in [0.29, 0.717) is 10.8 Å². The number of halogens is 1. The van der Waals surface area contributed by atoms with E-state index in [1.807, 2.05) is 30.3 Å². The summed E-state index contributed by atoms with van der Waals surface area (Å²) in [5.74, 6) is 6.33. The zero-order valence-corrected chi connectivity index (χ0v) is 11.0. The Balaban J connectivity index is 2.05. The van der Waals surface area contributed by atoms with Crippen molar-refractivity contribution < 1.29 is 4.74 Å². The van der Waals surface area contributed by atoms with Crippen LogP contribution in [0.1, 0.15) is 0 Å². The van der Waals surface area contributed by atoms with Gasteiger partial charge in [0.2, 0.25) is 11.8 Å². The molecule has 0 spiro atoms. The number of hydrogen-bond donors (Lipinski definition) is 2. The van der Waals surface area contributed by atoms with Crippen LogP contribution in [-0.2, 0) is 0 Å². The number of nitrogens with two attached hydrogens (primary N) is 1. The molecule has 0 saturated heterocycles. The molecule has 2 aromatic heterocycles. The van der Waals surface area contributed by atoms with Crippen LogP contribution in [0, 0.1) is 0 Å². The molecule has 7 heteroatoms. The van der Waals surface area contributed by atoms with Gasteiger partial charge >= 0.3 is 0 Å². The van der Waals surface area contributed by atoms with Crippen LogP contribution in [0.4, 0.5) is 5.95 Å². The van der Waals surface area contributed by atoms with E-state index in [4.69, 9.17) is 22.2 Å². The standard InChI is InChI=1S/C13H10ClN5O/c14-9-7-17-13(19-15)18-12(9)20-11-5-1-4-10-8(11)3-2-6-16-10/h1-7H,15H2,(H,17,18,19). The van der Waals surface area contributed by atoms with Crippen LogP contribution < -0.4 is 16.0 Å². The molecular formula is C13H10ClN5O. The summed E-state index contributed by atoms with van der Waals surface area (Å²) < 4.78 is 5.75. The summed E-state index contributed by atoms with van der Waals surface area (Å²) in [7, 11) is 0. The molecule has 3 N–H and O–H groups in total. The SMILES string of the molecule is NNc1ncc(Cl)c(Oc2cccc3ncccc23)n1. The van der Waals surface area contributed by atoms with Gasteiger partial charge < -0.3 is 4.74 Å². The molecule has 0 unspecified atom stereocenters. The fourth-order valence-corrected chi connectivity index (χ4v) is 1.89. The quantitative estimate of drug-likeness (QED) is 0.569. The number of fused-ring (bicyclic) bond motifs is 1. The van der Waals surface area contributed by atoms with E-state index in [1.54, 1.807) is 6.20 Å². The molecule has 1 aromatic carbocycles. The van der Waals surface area contributed by atoms with Crippen molar-refractivity contribution in [1.82, 2.24) is 15.0 Å². The van der Waals surface area contributed by atoms with Gasteiger partial charge in [-0.3, -0.25) is 10.4 Å².